The normalized spacial score (nSPS) is 10.8. The van der Waals surface area contributed by atoms with Gasteiger partial charge in [-0.2, -0.15) is 0 Å². The van der Waals surface area contributed by atoms with Crippen LogP contribution in [0.25, 0.3) is 10.8 Å². The third-order valence-electron chi connectivity index (χ3n) is 4.97. The Bertz CT molecular complexity index is 1000. The van der Waals surface area contributed by atoms with Crippen LogP contribution in [-0.4, -0.2) is 22.7 Å². The Hall–Kier alpha value is -2.79. The molecule has 0 radical (unpaired) electrons. The summed E-state index contributed by atoms with van der Waals surface area (Å²) >= 11 is 1.90. The summed E-state index contributed by atoms with van der Waals surface area (Å²) in [6.07, 6.45) is 5.67. The number of nitrogens with one attached hydrogen (secondary N) is 1. The van der Waals surface area contributed by atoms with Gasteiger partial charge >= 0.3 is 5.97 Å². The van der Waals surface area contributed by atoms with Crippen LogP contribution >= 0.6 is 11.8 Å². The molecule has 3 rings (SSSR count). The minimum atomic E-state index is -1.03. The number of thioether (sulfide) groups is 1. The number of carboxylic acids is 1. The first kappa shape index (κ1) is 21.9. The van der Waals surface area contributed by atoms with Crippen molar-refractivity contribution in [2.75, 3.05) is 11.1 Å². The number of benzene rings is 3. The number of carbonyl (C=O) groups is 2. The van der Waals surface area contributed by atoms with Crippen molar-refractivity contribution in [3.05, 3.63) is 72.3 Å². The first-order chi connectivity index (χ1) is 14.6. The van der Waals surface area contributed by atoms with Crippen LogP contribution in [0.3, 0.4) is 0 Å². The van der Waals surface area contributed by atoms with Gasteiger partial charge < -0.3 is 10.4 Å². The fraction of sp³-hybridized carbons (Fsp3) is 0.280. The highest BCUT2D eigenvalue weighted by Gasteiger charge is 2.11. The fourth-order valence-corrected chi connectivity index (χ4v) is 4.32. The van der Waals surface area contributed by atoms with Gasteiger partial charge in [-0.1, -0.05) is 61.7 Å². The van der Waals surface area contributed by atoms with Gasteiger partial charge in [-0.05, 0) is 53.6 Å². The van der Waals surface area contributed by atoms with Crippen molar-refractivity contribution in [3.63, 3.8) is 0 Å². The Balaban J connectivity index is 1.27. The molecule has 0 aliphatic heterocycles. The van der Waals surface area contributed by atoms with Gasteiger partial charge in [-0.3, -0.25) is 4.79 Å². The number of fused-ring (bicyclic) bond motifs is 1. The van der Waals surface area contributed by atoms with Gasteiger partial charge in [-0.25, -0.2) is 4.79 Å². The second-order valence-electron chi connectivity index (χ2n) is 7.27. The summed E-state index contributed by atoms with van der Waals surface area (Å²) < 4.78 is 0. The van der Waals surface area contributed by atoms with E-state index in [0.29, 0.717) is 12.1 Å². The second-order valence-corrected chi connectivity index (χ2v) is 8.44. The predicted octanol–water partition coefficient (Wildman–Crippen LogP) is 6.61. The molecule has 5 heteroatoms. The van der Waals surface area contributed by atoms with Gasteiger partial charge in [0.2, 0.25) is 5.91 Å². The molecule has 0 heterocycles. The van der Waals surface area contributed by atoms with Crippen molar-refractivity contribution in [2.24, 2.45) is 0 Å². The molecule has 0 saturated carbocycles. The van der Waals surface area contributed by atoms with Gasteiger partial charge in [0, 0.05) is 11.3 Å². The highest BCUT2D eigenvalue weighted by molar-refractivity contribution is 7.99. The smallest absolute Gasteiger partial charge is 0.337 e. The van der Waals surface area contributed by atoms with E-state index in [1.165, 1.54) is 21.7 Å². The molecule has 0 atom stereocenters. The summed E-state index contributed by atoms with van der Waals surface area (Å²) in [5.74, 6) is -0.0619. The minimum absolute atomic E-state index is 0.120. The Kier molecular flexibility index (Phi) is 8.33. The molecule has 0 unspecified atom stereocenters. The standard InChI is InChI=1S/C25H27NO3S/c27-24(26-23-13-8-7-12-22(23)25(28)29)14-4-2-1-3-9-17-30-21-16-15-19-10-5-6-11-20(19)18-21/h5-8,10-13,15-16,18H,1-4,9,14,17H2,(H,26,27)(H,28,29). The van der Waals surface area contributed by atoms with Crippen molar-refractivity contribution in [3.8, 4) is 0 Å². The molecule has 2 N–H and O–H groups in total. The Morgan fingerprint density at radius 2 is 1.50 bits per heavy atom. The molecule has 0 aliphatic rings. The predicted molar refractivity (Wildman–Crippen MR) is 124 cm³/mol. The number of para-hydroxylation sites is 1. The number of anilines is 1. The lowest BCUT2D eigenvalue weighted by molar-refractivity contribution is -0.116. The van der Waals surface area contributed by atoms with E-state index in [9.17, 15) is 9.59 Å². The molecule has 30 heavy (non-hydrogen) atoms. The lowest BCUT2D eigenvalue weighted by Crippen LogP contribution is -2.14. The van der Waals surface area contributed by atoms with E-state index < -0.39 is 5.97 Å². The maximum Gasteiger partial charge on any atom is 0.337 e. The van der Waals surface area contributed by atoms with Crippen LogP contribution in [0.15, 0.2) is 71.6 Å². The van der Waals surface area contributed by atoms with Crippen molar-refractivity contribution in [1.82, 2.24) is 0 Å². The third kappa shape index (κ3) is 6.63. The number of carbonyl (C=O) groups excluding carboxylic acids is 1. The molecule has 3 aromatic rings. The van der Waals surface area contributed by atoms with Gasteiger partial charge in [-0.15, -0.1) is 11.8 Å². The van der Waals surface area contributed by atoms with Crippen molar-refractivity contribution in [2.45, 2.75) is 43.4 Å². The van der Waals surface area contributed by atoms with E-state index >= 15 is 0 Å². The van der Waals surface area contributed by atoms with Crippen LogP contribution in [0.2, 0.25) is 0 Å². The largest absolute Gasteiger partial charge is 0.478 e. The van der Waals surface area contributed by atoms with Crippen LogP contribution in [0, 0.1) is 0 Å². The number of hydrogen-bond acceptors (Lipinski definition) is 3. The number of hydrogen-bond donors (Lipinski definition) is 2. The zero-order valence-electron chi connectivity index (χ0n) is 17.0. The molecule has 0 aromatic heterocycles. The molecule has 0 aliphatic carbocycles. The monoisotopic (exact) mass is 421 g/mol. The molecule has 1 amide bonds. The summed E-state index contributed by atoms with van der Waals surface area (Å²) in [7, 11) is 0. The van der Waals surface area contributed by atoms with Gasteiger partial charge in [0.15, 0.2) is 0 Å². The lowest BCUT2D eigenvalue weighted by Gasteiger charge is -2.08. The first-order valence-electron chi connectivity index (χ1n) is 10.4. The minimum Gasteiger partial charge on any atom is -0.478 e. The van der Waals surface area contributed by atoms with Crippen molar-refractivity contribution in [1.29, 1.82) is 0 Å². The van der Waals surface area contributed by atoms with E-state index in [4.69, 9.17) is 5.11 Å². The van der Waals surface area contributed by atoms with E-state index in [0.717, 1.165) is 37.9 Å². The molecular weight excluding hydrogens is 394 g/mol. The van der Waals surface area contributed by atoms with Gasteiger partial charge in [0.05, 0.1) is 11.3 Å². The third-order valence-corrected chi connectivity index (χ3v) is 6.05. The van der Waals surface area contributed by atoms with Crippen molar-refractivity contribution >= 4 is 40.1 Å². The highest BCUT2D eigenvalue weighted by Crippen LogP contribution is 2.24. The van der Waals surface area contributed by atoms with Crippen LogP contribution in [0.5, 0.6) is 0 Å². The maximum atomic E-state index is 12.1. The van der Waals surface area contributed by atoms with Crippen LogP contribution in [-0.2, 0) is 4.79 Å². The number of rotatable bonds is 11. The van der Waals surface area contributed by atoms with E-state index in [1.54, 1.807) is 18.2 Å². The summed E-state index contributed by atoms with van der Waals surface area (Å²) in [6, 6.07) is 21.5. The molecule has 4 nitrogen and oxygen atoms in total. The number of aromatic carboxylic acids is 1. The quantitative estimate of drug-likeness (QED) is 0.270. The van der Waals surface area contributed by atoms with Crippen LogP contribution in [0.1, 0.15) is 48.9 Å². The Labute approximate surface area is 181 Å². The van der Waals surface area contributed by atoms with Crippen molar-refractivity contribution < 1.29 is 14.7 Å². The SMILES string of the molecule is O=C(CCCCCCCSc1ccc2ccccc2c1)Nc1ccccc1C(=O)O. The molecule has 0 fully saturated rings. The molecule has 3 aromatic carbocycles. The zero-order valence-corrected chi connectivity index (χ0v) is 17.8. The average Bonchev–Trinajstić information content (AvgIpc) is 2.75. The first-order valence-corrected chi connectivity index (χ1v) is 11.4. The summed E-state index contributed by atoms with van der Waals surface area (Å²) in [4.78, 5) is 24.6. The molecular formula is C25H27NO3S. The average molecular weight is 422 g/mol. The Morgan fingerprint density at radius 3 is 2.33 bits per heavy atom. The summed E-state index contributed by atoms with van der Waals surface area (Å²) in [5.41, 5.74) is 0.482. The molecule has 156 valence electrons. The van der Waals surface area contributed by atoms with Crippen LogP contribution < -0.4 is 5.32 Å². The topological polar surface area (TPSA) is 66.4 Å². The number of carboxylic acid groups (broad SMARTS) is 1. The second kappa shape index (κ2) is 11.4. The Morgan fingerprint density at radius 1 is 0.800 bits per heavy atom. The van der Waals surface area contributed by atoms with Crippen LogP contribution in [0.4, 0.5) is 5.69 Å². The summed E-state index contributed by atoms with van der Waals surface area (Å²) in [5, 5.41) is 14.4. The fourth-order valence-electron chi connectivity index (χ4n) is 3.36. The van der Waals surface area contributed by atoms with Gasteiger partial charge in [0.1, 0.15) is 0 Å². The number of amides is 1. The number of unbranched alkanes of at least 4 members (excludes halogenated alkanes) is 4. The lowest BCUT2D eigenvalue weighted by atomic mass is 10.1. The maximum absolute atomic E-state index is 12.1. The summed E-state index contributed by atoms with van der Waals surface area (Å²) in [6.45, 7) is 0. The van der Waals surface area contributed by atoms with E-state index in [-0.39, 0.29) is 11.5 Å². The highest BCUT2D eigenvalue weighted by atomic mass is 32.2. The zero-order chi connectivity index (χ0) is 21.2. The van der Waals surface area contributed by atoms with E-state index in [1.807, 2.05) is 11.8 Å². The molecule has 0 spiro atoms. The molecule has 0 bridgehead atoms. The molecule has 0 saturated heterocycles. The van der Waals surface area contributed by atoms with Gasteiger partial charge in [0.25, 0.3) is 0 Å². The van der Waals surface area contributed by atoms with E-state index in [2.05, 4.69) is 47.8 Å².